The van der Waals surface area contributed by atoms with Gasteiger partial charge in [0.2, 0.25) is 0 Å². The molecule has 2 rings (SSSR count). The fourth-order valence-corrected chi connectivity index (χ4v) is 1.97. The van der Waals surface area contributed by atoms with E-state index in [4.69, 9.17) is 15.2 Å². The lowest BCUT2D eigenvalue weighted by Crippen LogP contribution is -2.09. The molecule has 1 atom stereocenters. The van der Waals surface area contributed by atoms with Crippen molar-refractivity contribution in [2.45, 2.75) is 33.0 Å². The number of para-hydroxylation sites is 1. The number of nitrogens with two attached hydrogens (primary N) is 1. The van der Waals surface area contributed by atoms with Crippen molar-refractivity contribution in [2.24, 2.45) is 0 Å². The summed E-state index contributed by atoms with van der Waals surface area (Å²) in [6.07, 6.45) is 0.0203. The van der Waals surface area contributed by atoms with Crippen molar-refractivity contribution in [1.82, 2.24) is 0 Å². The minimum atomic E-state index is -0.0622. The van der Waals surface area contributed by atoms with Gasteiger partial charge in [0.25, 0.3) is 0 Å². The minimum Gasteiger partial charge on any atom is -0.489 e. The summed E-state index contributed by atoms with van der Waals surface area (Å²) in [4.78, 5) is 0. The molecule has 0 radical (unpaired) electrons. The summed E-state index contributed by atoms with van der Waals surface area (Å²) in [5.41, 5.74) is 7.77. The van der Waals surface area contributed by atoms with Crippen LogP contribution in [0.3, 0.4) is 0 Å². The molecule has 0 amide bonds. The first kappa shape index (κ1) is 14.3. The van der Waals surface area contributed by atoms with Gasteiger partial charge in [0, 0.05) is 0 Å². The highest BCUT2D eigenvalue weighted by atomic mass is 16.5. The zero-order valence-electron chi connectivity index (χ0n) is 12.2. The van der Waals surface area contributed by atoms with Crippen LogP contribution in [0.1, 0.15) is 32.4 Å². The van der Waals surface area contributed by atoms with Gasteiger partial charge in [0.1, 0.15) is 23.3 Å². The zero-order chi connectivity index (χ0) is 14.5. The molecule has 3 heteroatoms. The summed E-state index contributed by atoms with van der Waals surface area (Å²) in [5, 5.41) is 0. The van der Waals surface area contributed by atoms with Crippen molar-refractivity contribution in [3.8, 4) is 11.5 Å². The van der Waals surface area contributed by atoms with Crippen molar-refractivity contribution in [3.63, 3.8) is 0 Å². The lowest BCUT2D eigenvalue weighted by Gasteiger charge is -2.19. The van der Waals surface area contributed by atoms with Crippen LogP contribution in [0.4, 0.5) is 5.69 Å². The Labute approximate surface area is 120 Å². The molecule has 0 saturated carbocycles. The van der Waals surface area contributed by atoms with Gasteiger partial charge in [-0.15, -0.1) is 0 Å². The Morgan fingerprint density at radius 2 is 1.40 bits per heavy atom. The number of hydrogen-bond acceptors (Lipinski definition) is 3. The summed E-state index contributed by atoms with van der Waals surface area (Å²) in [6, 6.07) is 15.7. The van der Waals surface area contributed by atoms with Gasteiger partial charge in [-0.25, -0.2) is 0 Å². The smallest absolute Gasteiger partial charge is 0.146 e. The molecule has 0 aliphatic rings. The molecular formula is C17H21NO2. The molecule has 0 aromatic heterocycles. The maximum Gasteiger partial charge on any atom is 0.146 e. The number of nitrogen functional groups attached to an aromatic ring is 1. The minimum absolute atomic E-state index is 0.0622. The molecule has 2 aromatic carbocycles. The summed E-state index contributed by atoms with van der Waals surface area (Å²) < 4.78 is 11.6. The van der Waals surface area contributed by atoms with Gasteiger partial charge in [-0.2, -0.15) is 0 Å². The summed E-state index contributed by atoms with van der Waals surface area (Å²) >= 11 is 0. The highest BCUT2D eigenvalue weighted by molar-refractivity contribution is 5.62. The lowest BCUT2D eigenvalue weighted by molar-refractivity contribution is 0.222. The molecule has 0 heterocycles. The molecule has 2 N–H and O–H groups in total. The Balaban J connectivity index is 2.17. The molecule has 0 bridgehead atoms. The monoisotopic (exact) mass is 271 g/mol. The van der Waals surface area contributed by atoms with E-state index in [1.807, 2.05) is 69.3 Å². The van der Waals surface area contributed by atoms with Crippen molar-refractivity contribution in [1.29, 1.82) is 0 Å². The largest absolute Gasteiger partial charge is 0.489 e. The third-order valence-corrected chi connectivity index (χ3v) is 2.96. The van der Waals surface area contributed by atoms with E-state index in [9.17, 15) is 0 Å². The highest BCUT2D eigenvalue weighted by Gasteiger charge is 2.12. The SMILES string of the molecule is CC(C)Oc1cccc(OC(C)c2ccccc2)c1N. The number of benzene rings is 2. The van der Waals surface area contributed by atoms with E-state index in [1.54, 1.807) is 0 Å². The van der Waals surface area contributed by atoms with E-state index in [2.05, 4.69) is 0 Å². The molecular weight excluding hydrogens is 250 g/mol. The van der Waals surface area contributed by atoms with Crippen LogP contribution < -0.4 is 15.2 Å². The van der Waals surface area contributed by atoms with Crippen molar-refractivity contribution in [3.05, 3.63) is 54.1 Å². The van der Waals surface area contributed by atoms with E-state index in [1.165, 1.54) is 0 Å². The quantitative estimate of drug-likeness (QED) is 0.829. The summed E-state index contributed by atoms with van der Waals surface area (Å²) in [5.74, 6) is 1.32. The molecule has 1 unspecified atom stereocenters. The molecule has 0 aliphatic heterocycles. The predicted molar refractivity (Wildman–Crippen MR) is 82.1 cm³/mol. The number of rotatable bonds is 5. The van der Waals surface area contributed by atoms with Gasteiger partial charge in [0.15, 0.2) is 0 Å². The first-order valence-electron chi connectivity index (χ1n) is 6.84. The van der Waals surface area contributed by atoms with Crippen molar-refractivity contribution < 1.29 is 9.47 Å². The van der Waals surface area contributed by atoms with Gasteiger partial charge in [-0.1, -0.05) is 36.4 Å². The van der Waals surface area contributed by atoms with Crippen LogP contribution in [0.25, 0.3) is 0 Å². The first-order valence-corrected chi connectivity index (χ1v) is 6.84. The van der Waals surface area contributed by atoms with Gasteiger partial charge >= 0.3 is 0 Å². The second-order valence-electron chi connectivity index (χ2n) is 5.01. The highest BCUT2D eigenvalue weighted by Crippen LogP contribution is 2.34. The molecule has 20 heavy (non-hydrogen) atoms. The van der Waals surface area contributed by atoms with Crippen molar-refractivity contribution >= 4 is 5.69 Å². The van der Waals surface area contributed by atoms with Crippen molar-refractivity contribution in [2.75, 3.05) is 5.73 Å². The fourth-order valence-electron chi connectivity index (χ4n) is 1.97. The summed E-state index contributed by atoms with van der Waals surface area (Å²) in [7, 11) is 0. The molecule has 0 spiro atoms. The Morgan fingerprint density at radius 3 is 2.00 bits per heavy atom. The average Bonchev–Trinajstić information content (AvgIpc) is 2.43. The van der Waals surface area contributed by atoms with Crippen LogP contribution in [0, 0.1) is 0 Å². The maximum absolute atomic E-state index is 6.11. The topological polar surface area (TPSA) is 44.5 Å². The number of anilines is 1. The van der Waals surface area contributed by atoms with Crippen LogP contribution >= 0.6 is 0 Å². The Hall–Kier alpha value is -2.16. The van der Waals surface area contributed by atoms with E-state index in [0.717, 1.165) is 5.56 Å². The van der Waals surface area contributed by atoms with Crippen LogP contribution in [0.5, 0.6) is 11.5 Å². The van der Waals surface area contributed by atoms with Gasteiger partial charge < -0.3 is 15.2 Å². The Morgan fingerprint density at radius 1 is 0.800 bits per heavy atom. The Bertz CT molecular complexity index is 552. The van der Waals surface area contributed by atoms with Gasteiger partial charge in [-0.3, -0.25) is 0 Å². The van der Waals surface area contributed by atoms with E-state index in [-0.39, 0.29) is 12.2 Å². The summed E-state index contributed by atoms with van der Waals surface area (Å²) in [6.45, 7) is 5.95. The zero-order valence-corrected chi connectivity index (χ0v) is 12.2. The normalized spacial score (nSPS) is 12.2. The van der Waals surface area contributed by atoms with Crippen LogP contribution in [0.2, 0.25) is 0 Å². The first-order chi connectivity index (χ1) is 9.58. The number of hydrogen-bond donors (Lipinski definition) is 1. The number of ether oxygens (including phenoxy) is 2. The van der Waals surface area contributed by atoms with Crippen LogP contribution in [0.15, 0.2) is 48.5 Å². The average molecular weight is 271 g/mol. The second kappa shape index (κ2) is 6.33. The van der Waals surface area contributed by atoms with Crippen LogP contribution in [-0.2, 0) is 0 Å². The second-order valence-corrected chi connectivity index (χ2v) is 5.01. The fraction of sp³-hybridized carbons (Fsp3) is 0.294. The molecule has 2 aromatic rings. The van der Waals surface area contributed by atoms with E-state index in [0.29, 0.717) is 17.2 Å². The Kier molecular flexibility index (Phi) is 4.51. The van der Waals surface area contributed by atoms with Gasteiger partial charge in [0.05, 0.1) is 6.10 Å². The molecule has 0 saturated heterocycles. The molecule has 106 valence electrons. The van der Waals surface area contributed by atoms with Crippen LogP contribution in [-0.4, -0.2) is 6.10 Å². The third kappa shape index (κ3) is 3.44. The predicted octanol–water partition coefficient (Wildman–Crippen LogP) is 4.20. The lowest BCUT2D eigenvalue weighted by atomic mass is 10.1. The van der Waals surface area contributed by atoms with Gasteiger partial charge in [-0.05, 0) is 38.5 Å². The molecule has 0 fully saturated rings. The van der Waals surface area contributed by atoms with E-state index < -0.39 is 0 Å². The maximum atomic E-state index is 6.11. The third-order valence-electron chi connectivity index (χ3n) is 2.96. The molecule has 3 nitrogen and oxygen atoms in total. The molecule has 0 aliphatic carbocycles. The standard InChI is InChI=1S/C17H21NO2/c1-12(2)19-15-10-7-11-16(17(15)18)20-13(3)14-8-5-4-6-9-14/h4-13H,18H2,1-3H3. The van der Waals surface area contributed by atoms with E-state index >= 15 is 0 Å².